The predicted octanol–water partition coefficient (Wildman–Crippen LogP) is 0.474. The molecule has 0 saturated carbocycles. The van der Waals surface area contributed by atoms with E-state index in [0.717, 1.165) is 5.56 Å². The number of pyridine rings is 1. The number of nitrogens with zero attached hydrogens (tertiary/aromatic N) is 3. The fourth-order valence-corrected chi connectivity index (χ4v) is 3.83. The van der Waals surface area contributed by atoms with Gasteiger partial charge in [-0.2, -0.15) is 5.10 Å². The molecule has 8 nitrogen and oxygen atoms in total. The molecule has 0 saturated heterocycles. The first-order chi connectivity index (χ1) is 11.5. The number of allylic oxidation sites excluding steroid dienone is 1. The number of carbonyl (C=O) groups is 1. The molecule has 1 aliphatic heterocycles. The van der Waals surface area contributed by atoms with Gasteiger partial charge in [0.2, 0.25) is 5.91 Å². The smallest absolute Gasteiger partial charge is 0.220 e. The van der Waals surface area contributed by atoms with Gasteiger partial charge in [-0.3, -0.25) is 14.9 Å². The van der Waals surface area contributed by atoms with Crippen LogP contribution < -0.4 is 5.32 Å². The van der Waals surface area contributed by atoms with E-state index in [1.165, 1.54) is 5.41 Å². The van der Waals surface area contributed by atoms with Crippen LogP contribution in [-0.2, 0) is 21.1 Å². The van der Waals surface area contributed by atoms with E-state index in [9.17, 15) is 13.2 Å². The monoisotopic (exact) mass is 347 g/mol. The molecule has 2 N–H and O–H groups in total. The lowest BCUT2D eigenvalue weighted by Crippen LogP contribution is -2.28. The van der Waals surface area contributed by atoms with Crippen LogP contribution in [0.2, 0.25) is 0 Å². The van der Waals surface area contributed by atoms with Crippen molar-refractivity contribution >= 4 is 15.7 Å². The third-order valence-corrected chi connectivity index (χ3v) is 5.05. The molecule has 0 aromatic carbocycles. The summed E-state index contributed by atoms with van der Waals surface area (Å²) in [5.41, 5.74) is 0.818. The van der Waals surface area contributed by atoms with E-state index in [4.69, 9.17) is 0 Å². The van der Waals surface area contributed by atoms with E-state index in [0.29, 0.717) is 24.6 Å². The summed E-state index contributed by atoms with van der Waals surface area (Å²) in [5, 5.41) is 10.9. The van der Waals surface area contributed by atoms with E-state index in [1.807, 2.05) is 12.1 Å². The van der Waals surface area contributed by atoms with Gasteiger partial charge in [-0.15, -0.1) is 0 Å². The molecule has 0 aliphatic carbocycles. The summed E-state index contributed by atoms with van der Waals surface area (Å²) in [6, 6.07) is 3.67. The highest BCUT2D eigenvalue weighted by atomic mass is 32.2. The van der Waals surface area contributed by atoms with Gasteiger partial charge >= 0.3 is 0 Å². The van der Waals surface area contributed by atoms with Crippen molar-refractivity contribution in [3.63, 3.8) is 0 Å². The summed E-state index contributed by atoms with van der Waals surface area (Å²) in [4.78, 5) is 20.2. The van der Waals surface area contributed by atoms with Gasteiger partial charge in [-0.25, -0.2) is 13.4 Å². The Balaban J connectivity index is 1.44. The molecule has 3 rings (SSSR count). The van der Waals surface area contributed by atoms with Crippen LogP contribution in [0.15, 0.2) is 36.0 Å². The van der Waals surface area contributed by atoms with Crippen molar-refractivity contribution in [1.29, 1.82) is 0 Å². The summed E-state index contributed by atoms with van der Waals surface area (Å²) in [7, 11) is -3.12. The molecule has 2 aromatic heterocycles. The number of rotatable bonds is 6. The van der Waals surface area contributed by atoms with E-state index in [-0.39, 0.29) is 24.0 Å². The molecule has 2 aromatic rings. The zero-order valence-corrected chi connectivity index (χ0v) is 13.7. The van der Waals surface area contributed by atoms with Crippen LogP contribution in [-0.4, -0.2) is 46.8 Å². The molecule has 1 amide bonds. The Morgan fingerprint density at radius 1 is 1.42 bits per heavy atom. The molecule has 9 heteroatoms. The number of aromatic nitrogens is 4. The van der Waals surface area contributed by atoms with Gasteiger partial charge < -0.3 is 5.32 Å². The van der Waals surface area contributed by atoms with Crippen LogP contribution in [0.1, 0.15) is 12.2 Å². The molecule has 24 heavy (non-hydrogen) atoms. The van der Waals surface area contributed by atoms with E-state index in [1.54, 1.807) is 18.5 Å². The molecule has 126 valence electrons. The van der Waals surface area contributed by atoms with Gasteiger partial charge in [0.15, 0.2) is 15.7 Å². The highest BCUT2D eigenvalue weighted by Gasteiger charge is 2.23. The van der Waals surface area contributed by atoms with Crippen molar-refractivity contribution in [1.82, 2.24) is 25.5 Å². The Labute approximate surface area is 139 Å². The minimum Gasteiger partial charge on any atom is -0.356 e. The lowest BCUT2D eigenvalue weighted by Gasteiger charge is -2.07. The Bertz CT molecular complexity index is 845. The summed E-state index contributed by atoms with van der Waals surface area (Å²) < 4.78 is 22.6. The quantitative estimate of drug-likeness (QED) is 0.784. The predicted molar refractivity (Wildman–Crippen MR) is 87.4 cm³/mol. The second-order valence-corrected chi connectivity index (χ2v) is 7.50. The number of aromatic amines is 1. The van der Waals surface area contributed by atoms with Crippen LogP contribution in [0.3, 0.4) is 0 Å². The van der Waals surface area contributed by atoms with Crippen molar-refractivity contribution in [3.8, 4) is 11.4 Å². The molecule has 0 bridgehead atoms. The van der Waals surface area contributed by atoms with Crippen molar-refractivity contribution in [3.05, 3.63) is 41.8 Å². The summed E-state index contributed by atoms with van der Waals surface area (Å²) in [6.07, 6.45) is 5.62. The van der Waals surface area contributed by atoms with E-state index < -0.39 is 9.84 Å². The lowest BCUT2D eigenvalue weighted by atomic mass is 10.1. The normalized spacial score (nSPS) is 18.6. The Kier molecular flexibility index (Phi) is 4.70. The molecule has 3 heterocycles. The third kappa shape index (κ3) is 4.25. The minimum atomic E-state index is -3.12. The summed E-state index contributed by atoms with van der Waals surface area (Å²) in [6.45, 7) is 0.406. The maximum atomic E-state index is 11.8. The van der Waals surface area contributed by atoms with Crippen LogP contribution in [0, 0.1) is 5.92 Å². The van der Waals surface area contributed by atoms with Crippen molar-refractivity contribution < 1.29 is 13.2 Å². The first kappa shape index (κ1) is 16.3. The summed E-state index contributed by atoms with van der Waals surface area (Å²) >= 11 is 0. The standard InChI is InChI=1S/C15H17N5O3S/c21-14(8-11-4-7-24(22,23)10-11)17-6-3-13-18-15(20-19-13)12-2-1-5-16-9-12/h1-2,4-5,7,9,11H,3,6,8,10H2,(H,17,21)(H,18,19,20)/t11-/m1/s1. The molecule has 0 spiro atoms. The average molecular weight is 347 g/mol. The number of H-pyrrole nitrogens is 1. The second-order valence-electron chi connectivity index (χ2n) is 5.57. The topological polar surface area (TPSA) is 118 Å². The van der Waals surface area contributed by atoms with Crippen LogP contribution >= 0.6 is 0 Å². The van der Waals surface area contributed by atoms with Crippen molar-refractivity contribution in [2.75, 3.05) is 12.3 Å². The fourth-order valence-electron chi connectivity index (χ4n) is 2.43. The minimum absolute atomic E-state index is 0.0109. The first-order valence-electron chi connectivity index (χ1n) is 7.51. The van der Waals surface area contributed by atoms with Crippen molar-refractivity contribution in [2.24, 2.45) is 5.92 Å². The highest BCUT2D eigenvalue weighted by Crippen LogP contribution is 2.18. The molecule has 1 aliphatic rings. The van der Waals surface area contributed by atoms with Crippen LogP contribution in [0.25, 0.3) is 11.4 Å². The Morgan fingerprint density at radius 2 is 2.29 bits per heavy atom. The molecular formula is C15H17N5O3S. The number of nitrogens with one attached hydrogen (secondary N) is 2. The number of amides is 1. The Morgan fingerprint density at radius 3 is 3.00 bits per heavy atom. The maximum Gasteiger partial charge on any atom is 0.220 e. The molecule has 0 unspecified atom stereocenters. The zero-order chi connectivity index (χ0) is 17.0. The zero-order valence-electron chi connectivity index (χ0n) is 12.8. The molecule has 1 atom stereocenters. The molecular weight excluding hydrogens is 330 g/mol. The number of carbonyl (C=O) groups excluding carboxylic acids is 1. The van der Waals surface area contributed by atoms with Gasteiger partial charge in [0.1, 0.15) is 5.82 Å². The lowest BCUT2D eigenvalue weighted by molar-refractivity contribution is -0.121. The van der Waals surface area contributed by atoms with E-state index >= 15 is 0 Å². The van der Waals surface area contributed by atoms with Crippen LogP contribution in [0.5, 0.6) is 0 Å². The van der Waals surface area contributed by atoms with E-state index in [2.05, 4.69) is 25.5 Å². The fraction of sp³-hybridized carbons (Fsp3) is 0.333. The number of hydrogen-bond acceptors (Lipinski definition) is 6. The molecule has 0 radical (unpaired) electrons. The third-order valence-electron chi connectivity index (χ3n) is 3.59. The maximum absolute atomic E-state index is 11.8. The SMILES string of the molecule is O=C(C[C@H]1C=CS(=O)(=O)C1)NCCc1nc(-c2cccnc2)n[nH]1. The second kappa shape index (κ2) is 6.91. The van der Waals surface area contributed by atoms with Gasteiger partial charge in [-0.1, -0.05) is 6.08 Å². The van der Waals surface area contributed by atoms with Gasteiger partial charge in [0.05, 0.1) is 5.75 Å². The Hall–Kier alpha value is -2.55. The average Bonchev–Trinajstić information content (AvgIpc) is 3.15. The number of hydrogen-bond donors (Lipinski definition) is 2. The number of sulfone groups is 1. The first-order valence-corrected chi connectivity index (χ1v) is 9.23. The van der Waals surface area contributed by atoms with Gasteiger partial charge in [0.25, 0.3) is 0 Å². The highest BCUT2D eigenvalue weighted by molar-refractivity contribution is 7.94. The van der Waals surface area contributed by atoms with Crippen LogP contribution in [0.4, 0.5) is 0 Å². The van der Waals surface area contributed by atoms with Gasteiger partial charge in [-0.05, 0) is 12.1 Å². The van der Waals surface area contributed by atoms with Crippen molar-refractivity contribution in [2.45, 2.75) is 12.8 Å². The van der Waals surface area contributed by atoms with Gasteiger partial charge in [0, 0.05) is 48.7 Å². The largest absolute Gasteiger partial charge is 0.356 e. The molecule has 0 fully saturated rings. The summed E-state index contributed by atoms with van der Waals surface area (Å²) in [5.74, 6) is 0.825.